The quantitative estimate of drug-likeness (QED) is 0.204. The molecule has 4 aromatic rings. The topological polar surface area (TPSA) is 98.0 Å². The monoisotopic (exact) mass is 638 g/mol. The minimum absolute atomic E-state index is 0.264. The molecule has 4 heterocycles. The first kappa shape index (κ1) is 31.0. The van der Waals surface area contributed by atoms with Crippen molar-refractivity contribution in [3.8, 4) is 33.6 Å². The van der Waals surface area contributed by atoms with Gasteiger partial charge in [-0.25, -0.2) is 19.6 Å². The zero-order valence-corrected chi connectivity index (χ0v) is 27.3. The standard InChI is InChI=1S/C40H42N6O2/c47-25-27-5-1-7-33(21-27)45-19-3-9-37(45)39-41-23-35(43-39)31-15-11-29(12-16-31)30-13-17-32(18-14-30)36-24-42-40(44-36)38-10-4-20-46(38)34-8-2-6-28(22-34)26-48/h5-6,11-18,23-24,33-34,37-38H,1-4,7-10,19-22H2,(H,41,43)(H,42,44)/t33?,34?,37-,38-/m0/s1. The summed E-state index contributed by atoms with van der Waals surface area (Å²) in [6.07, 6.45) is 18.1. The molecule has 2 saturated carbocycles. The van der Waals surface area contributed by atoms with Crippen LogP contribution in [0.5, 0.6) is 0 Å². The number of benzene rings is 2. The molecule has 2 saturated heterocycles. The molecule has 0 amide bonds. The van der Waals surface area contributed by atoms with Crippen molar-refractivity contribution in [1.82, 2.24) is 29.7 Å². The Bertz CT molecular complexity index is 1710. The van der Waals surface area contributed by atoms with E-state index >= 15 is 0 Å². The van der Waals surface area contributed by atoms with Gasteiger partial charge in [-0.2, -0.15) is 0 Å². The molecule has 4 fully saturated rings. The van der Waals surface area contributed by atoms with E-state index in [-0.39, 0.29) is 12.1 Å². The van der Waals surface area contributed by atoms with Crippen molar-refractivity contribution in [2.45, 2.75) is 88.4 Å². The average molecular weight is 639 g/mol. The zero-order valence-electron chi connectivity index (χ0n) is 27.3. The summed E-state index contributed by atoms with van der Waals surface area (Å²) in [5, 5.41) is 0. The number of H-pyrrole nitrogens is 2. The van der Waals surface area contributed by atoms with Gasteiger partial charge in [0, 0.05) is 23.2 Å². The van der Waals surface area contributed by atoms with Gasteiger partial charge in [-0.3, -0.25) is 9.80 Å². The summed E-state index contributed by atoms with van der Waals surface area (Å²) in [5.41, 5.74) is 8.26. The average Bonchev–Trinajstić information content (AvgIpc) is 3.98. The van der Waals surface area contributed by atoms with Crippen LogP contribution in [-0.2, 0) is 9.59 Å². The van der Waals surface area contributed by atoms with Gasteiger partial charge >= 0.3 is 0 Å². The first-order chi connectivity index (χ1) is 23.7. The predicted molar refractivity (Wildman–Crippen MR) is 187 cm³/mol. The lowest BCUT2D eigenvalue weighted by atomic mass is 9.90. The van der Waals surface area contributed by atoms with Gasteiger partial charge in [-0.05, 0) is 112 Å². The van der Waals surface area contributed by atoms with E-state index in [9.17, 15) is 9.59 Å². The number of nitrogens with one attached hydrogen (secondary N) is 2. The number of nitrogens with zero attached hydrogens (tertiary/aromatic N) is 4. The van der Waals surface area contributed by atoms with Gasteiger partial charge in [-0.1, -0.05) is 48.5 Å². The van der Waals surface area contributed by atoms with Crippen LogP contribution in [0.15, 0.2) is 72.1 Å². The maximum atomic E-state index is 11.3. The fourth-order valence-corrected chi connectivity index (χ4v) is 8.54. The van der Waals surface area contributed by atoms with Crippen molar-refractivity contribution >= 4 is 11.9 Å². The largest absolute Gasteiger partial charge is 0.341 e. The molecular weight excluding hydrogens is 596 g/mol. The fraction of sp³-hybridized carbons (Fsp3) is 0.400. The predicted octanol–water partition coefficient (Wildman–Crippen LogP) is 7.44. The fourth-order valence-electron chi connectivity index (χ4n) is 8.54. The van der Waals surface area contributed by atoms with Crippen molar-refractivity contribution in [2.24, 2.45) is 0 Å². The maximum Gasteiger partial charge on any atom is 0.123 e. The van der Waals surface area contributed by atoms with Gasteiger partial charge in [0.2, 0.25) is 0 Å². The van der Waals surface area contributed by atoms with E-state index in [4.69, 9.17) is 9.97 Å². The molecule has 244 valence electrons. The zero-order chi connectivity index (χ0) is 32.5. The Labute approximate surface area is 282 Å². The van der Waals surface area contributed by atoms with Crippen LogP contribution >= 0.6 is 0 Å². The molecule has 0 bridgehead atoms. The molecule has 4 aliphatic rings. The van der Waals surface area contributed by atoms with Crippen LogP contribution in [0.3, 0.4) is 0 Å². The van der Waals surface area contributed by atoms with Gasteiger partial charge in [-0.15, -0.1) is 0 Å². The second kappa shape index (κ2) is 13.7. The molecule has 8 nitrogen and oxygen atoms in total. The van der Waals surface area contributed by atoms with Crippen LogP contribution < -0.4 is 0 Å². The minimum atomic E-state index is 0.264. The number of hydrogen-bond acceptors (Lipinski definition) is 6. The number of aromatic amines is 2. The Morgan fingerprint density at radius 3 is 1.42 bits per heavy atom. The van der Waals surface area contributed by atoms with Crippen LogP contribution in [0.1, 0.15) is 87.9 Å². The summed E-state index contributed by atoms with van der Waals surface area (Å²) in [7, 11) is 0. The Hall–Kier alpha value is -4.32. The first-order valence-electron chi connectivity index (χ1n) is 17.6. The van der Waals surface area contributed by atoms with E-state index in [1.165, 1.54) is 11.1 Å². The van der Waals surface area contributed by atoms with E-state index in [0.29, 0.717) is 12.1 Å². The highest BCUT2D eigenvalue weighted by Crippen LogP contribution is 2.39. The minimum Gasteiger partial charge on any atom is -0.341 e. The molecule has 2 aliphatic heterocycles. The summed E-state index contributed by atoms with van der Waals surface area (Å²) in [5.74, 6) is 6.31. The normalized spacial score (nSPS) is 25.3. The van der Waals surface area contributed by atoms with E-state index in [1.807, 2.05) is 25.2 Å². The summed E-state index contributed by atoms with van der Waals surface area (Å²) >= 11 is 0. The van der Waals surface area contributed by atoms with Crippen LogP contribution in [0.2, 0.25) is 0 Å². The lowest BCUT2D eigenvalue weighted by Gasteiger charge is -2.34. The van der Waals surface area contributed by atoms with E-state index in [2.05, 4.69) is 80.2 Å². The molecular formula is C40H42N6O2. The molecule has 2 N–H and O–H groups in total. The van der Waals surface area contributed by atoms with Crippen molar-refractivity contribution < 1.29 is 9.59 Å². The number of aromatic nitrogens is 4. The van der Waals surface area contributed by atoms with Gasteiger partial charge in [0.05, 0.1) is 35.9 Å². The molecule has 48 heavy (non-hydrogen) atoms. The second-order valence-corrected chi connectivity index (χ2v) is 13.8. The van der Waals surface area contributed by atoms with Crippen LogP contribution in [0.25, 0.3) is 33.6 Å². The summed E-state index contributed by atoms with van der Waals surface area (Å²) in [6.45, 7) is 2.10. The Kier molecular flexibility index (Phi) is 8.81. The maximum absolute atomic E-state index is 11.3. The van der Waals surface area contributed by atoms with Gasteiger partial charge < -0.3 is 9.97 Å². The van der Waals surface area contributed by atoms with Gasteiger partial charge in [0.1, 0.15) is 23.5 Å². The summed E-state index contributed by atoms with van der Waals surface area (Å²) in [6, 6.07) is 18.7. The lowest BCUT2D eigenvalue weighted by molar-refractivity contribution is 0.159. The Morgan fingerprint density at radius 2 is 1.00 bits per heavy atom. The van der Waals surface area contributed by atoms with Crippen LogP contribution in [-0.4, -0.2) is 66.8 Å². The number of carbonyl (C=O) groups excluding carboxylic acids is 2. The van der Waals surface area contributed by atoms with E-state index < -0.39 is 0 Å². The number of rotatable bonds is 7. The first-order valence-corrected chi connectivity index (χ1v) is 17.6. The van der Waals surface area contributed by atoms with Crippen LogP contribution in [0.4, 0.5) is 0 Å². The van der Waals surface area contributed by atoms with Crippen LogP contribution in [0, 0.1) is 12.8 Å². The van der Waals surface area contributed by atoms with E-state index in [1.54, 1.807) is 0 Å². The molecule has 2 unspecified atom stereocenters. The SMILES string of the molecule is O=C=C1[CH]CCC(N2CCC[C@H]2c2ncc(-c3ccc(-c4ccc(-c5cnc([C@@H]6CCCN6C6CC[CH]C(=C=O)C6)[nH]5)cc4)cc3)[nH]2)C1. The second-order valence-electron chi connectivity index (χ2n) is 13.8. The highest BCUT2D eigenvalue weighted by molar-refractivity contribution is 5.71. The summed E-state index contributed by atoms with van der Waals surface area (Å²) < 4.78 is 0. The van der Waals surface area contributed by atoms with Crippen molar-refractivity contribution in [3.63, 3.8) is 0 Å². The van der Waals surface area contributed by atoms with E-state index in [0.717, 1.165) is 123 Å². The number of imidazole rings is 2. The molecule has 8 rings (SSSR count). The highest BCUT2D eigenvalue weighted by Gasteiger charge is 2.36. The third-order valence-electron chi connectivity index (χ3n) is 11.0. The molecule has 0 spiro atoms. The molecule has 2 radical (unpaired) electrons. The molecule has 2 aromatic carbocycles. The number of hydrogen-bond donors (Lipinski definition) is 2. The summed E-state index contributed by atoms with van der Waals surface area (Å²) in [4.78, 5) is 44.6. The Morgan fingerprint density at radius 1 is 0.583 bits per heavy atom. The van der Waals surface area contributed by atoms with Crippen molar-refractivity contribution in [1.29, 1.82) is 0 Å². The third kappa shape index (κ3) is 6.18. The number of likely N-dealkylation sites (tertiary alicyclic amines) is 2. The molecule has 2 aliphatic carbocycles. The molecule has 8 heteroatoms. The highest BCUT2D eigenvalue weighted by atomic mass is 16.1. The molecule has 4 atom stereocenters. The van der Waals surface area contributed by atoms with Crippen molar-refractivity contribution in [2.75, 3.05) is 13.1 Å². The van der Waals surface area contributed by atoms with Gasteiger partial charge in [0.25, 0.3) is 0 Å². The molecule has 2 aromatic heterocycles. The van der Waals surface area contributed by atoms with Gasteiger partial charge in [0.15, 0.2) is 0 Å². The smallest absolute Gasteiger partial charge is 0.123 e. The Balaban J connectivity index is 0.925. The lowest BCUT2D eigenvalue weighted by Crippen LogP contribution is -2.37. The van der Waals surface area contributed by atoms with Crippen molar-refractivity contribution in [3.05, 3.63) is 96.6 Å². The third-order valence-corrected chi connectivity index (χ3v) is 11.0.